The van der Waals surface area contributed by atoms with Gasteiger partial charge in [-0.05, 0) is 57.9 Å². The number of carbonyl (C=O) groups is 1. The van der Waals surface area contributed by atoms with Crippen LogP contribution in [0.1, 0.15) is 46.2 Å². The van der Waals surface area contributed by atoms with Gasteiger partial charge in [0, 0.05) is 32.3 Å². The lowest BCUT2D eigenvalue weighted by Crippen LogP contribution is -2.66. The van der Waals surface area contributed by atoms with Crippen molar-refractivity contribution in [2.75, 3.05) is 18.0 Å². The van der Waals surface area contributed by atoms with Crippen molar-refractivity contribution in [1.82, 2.24) is 9.88 Å². The highest BCUT2D eigenvalue weighted by Crippen LogP contribution is 2.51. The van der Waals surface area contributed by atoms with Crippen LogP contribution < -0.4 is 14.4 Å². The zero-order chi connectivity index (χ0) is 22.7. The van der Waals surface area contributed by atoms with Gasteiger partial charge in [-0.25, -0.2) is 4.79 Å². The Balaban J connectivity index is 1.38. The Hall–Kier alpha value is -2.67. The molecule has 5 rings (SSSR count). The maximum atomic E-state index is 12.7. The smallest absolute Gasteiger partial charge is 0.410 e. The molecule has 3 heterocycles. The lowest BCUT2D eigenvalue weighted by atomic mass is 9.81. The van der Waals surface area contributed by atoms with Crippen LogP contribution in [-0.4, -0.2) is 46.8 Å². The molecule has 7 nitrogen and oxygen atoms in total. The molecule has 1 aliphatic carbocycles. The SMILES string of the molecule is CC(C)(C)OC(=O)N1CCN(c2cccc3c2OC(C)(c2ccc(Cl)cn2)O3)[C@H]2CC[C@H]21. The van der Waals surface area contributed by atoms with Gasteiger partial charge in [0.25, 0.3) is 5.79 Å². The molecule has 1 amide bonds. The summed E-state index contributed by atoms with van der Waals surface area (Å²) < 4.78 is 18.2. The van der Waals surface area contributed by atoms with Crippen LogP contribution in [0.15, 0.2) is 36.5 Å². The molecule has 1 saturated carbocycles. The number of piperazine rings is 1. The maximum absolute atomic E-state index is 12.7. The number of pyridine rings is 1. The molecule has 0 radical (unpaired) electrons. The Morgan fingerprint density at radius 2 is 1.94 bits per heavy atom. The topological polar surface area (TPSA) is 64.1 Å². The first-order chi connectivity index (χ1) is 15.1. The van der Waals surface area contributed by atoms with Crippen molar-refractivity contribution >= 4 is 23.4 Å². The molecule has 1 unspecified atom stereocenters. The van der Waals surface area contributed by atoms with Crippen molar-refractivity contribution in [2.24, 2.45) is 0 Å². The third-order valence-corrected chi connectivity index (χ3v) is 6.50. The predicted molar refractivity (Wildman–Crippen MR) is 121 cm³/mol. The molecule has 170 valence electrons. The van der Waals surface area contributed by atoms with Crippen LogP contribution in [-0.2, 0) is 10.5 Å². The number of ether oxygens (including phenoxy) is 3. The molecule has 3 atom stereocenters. The number of carbonyl (C=O) groups excluding carboxylic acids is 1. The van der Waals surface area contributed by atoms with E-state index in [4.69, 9.17) is 25.8 Å². The highest BCUT2D eigenvalue weighted by molar-refractivity contribution is 6.30. The highest BCUT2D eigenvalue weighted by atomic mass is 35.5. The van der Waals surface area contributed by atoms with E-state index >= 15 is 0 Å². The fourth-order valence-electron chi connectivity index (χ4n) is 4.67. The summed E-state index contributed by atoms with van der Waals surface area (Å²) in [4.78, 5) is 21.4. The van der Waals surface area contributed by atoms with E-state index in [0.29, 0.717) is 35.3 Å². The van der Waals surface area contributed by atoms with Crippen molar-refractivity contribution in [3.8, 4) is 11.5 Å². The first-order valence-corrected chi connectivity index (χ1v) is 11.4. The van der Waals surface area contributed by atoms with Gasteiger partial charge in [-0.1, -0.05) is 17.7 Å². The number of aromatic nitrogens is 1. The van der Waals surface area contributed by atoms with Crippen LogP contribution in [0.4, 0.5) is 10.5 Å². The molecule has 1 saturated heterocycles. The van der Waals surface area contributed by atoms with E-state index in [1.165, 1.54) is 0 Å². The number of para-hydroxylation sites is 1. The minimum atomic E-state index is -1.03. The van der Waals surface area contributed by atoms with E-state index in [9.17, 15) is 4.79 Å². The average Bonchev–Trinajstić information content (AvgIpc) is 3.05. The van der Waals surface area contributed by atoms with Crippen LogP contribution in [0.25, 0.3) is 0 Å². The zero-order valence-electron chi connectivity index (χ0n) is 18.8. The second-order valence-corrected chi connectivity index (χ2v) is 10.1. The summed E-state index contributed by atoms with van der Waals surface area (Å²) in [6, 6.07) is 9.91. The number of benzene rings is 1. The molecular weight excluding hydrogens is 430 g/mol. The van der Waals surface area contributed by atoms with Gasteiger partial charge >= 0.3 is 6.09 Å². The lowest BCUT2D eigenvalue weighted by molar-refractivity contribution is -0.0716. The summed E-state index contributed by atoms with van der Waals surface area (Å²) in [5.74, 6) is 0.371. The summed E-state index contributed by atoms with van der Waals surface area (Å²) >= 11 is 6.00. The quantitative estimate of drug-likeness (QED) is 0.634. The number of rotatable bonds is 2. The van der Waals surface area contributed by atoms with E-state index in [-0.39, 0.29) is 18.2 Å². The second-order valence-electron chi connectivity index (χ2n) is 9.70. The van der Waals surface area contributed by atoms with Gasteiger partial charge in [0.2, 0.25) is 0 Å². The molecule has 0 spiro atoms. The van der Waals surface area contributed by atoms with E-state index in [2.05, 4.69) is 16.0 Å². The minimum Gasteiger partial charge on any atom is -0.444 e. The summed E-state index contributed by atoms with van der Waals surface area (Å²) in [6.07, 6.45) is 3.35. The van der Waals surface area contributed by atoms with Crippen molar-refractivity contribution in [3.05, 3.63) is 47.2 Å². The minimum absolute atomic E-state index is 0.140. The van der Waals surface area contributed by atoms with Gasteiger partial charge in [0.15, 0.2) is 11.5 Å². The number of hydrogen-bond donors (Lipinski definition) is 0. The van der Waals surface area contributed by atoms with Gasteiger partial charge in [0.05, 0.1) is 16.8 Å². The molecule has 2 fully saturated rings. The second kappa shape index (κ2) is 7.44. The van der Waals surface area contributed by atoms with Gasteiger partial charge in [0.1, 0.15) is 11.3 Å². The van der Waals surface area contributed by atoms with Crippen molar-refractivity contribution < 1.29 is 19.0 Å². The van der Waals surface area contributed by atoms with E-state index in [1.807, 2.05) is 50.8 Å². The van der Waals surface area contributed by atoms with Gasteiger partial charge in [-0.3, -0.25) is 4.98 Å². The largest absolute Gasteiger partial charge is 0.444 e. The Labute approximate surface area is 193 Å². The number of anilines is 1. The molecule has 0 bridgehead atoms. The van der Waals surface area contributed by atoms with Gasteiger partial charge < -0.3 is 24.0 Å². The third-order valence-electron chi connectivity index (χ3n) is 6.27. The number of amides is 1. The molecule has 2 aliphatic heterocycles. The molecule has 0 N–H and O–H groups in total. The number of hydrogen-bond acceptors (Lipinski definition) is 6. The van der Waals surface area contributed by atoms with E-state index in [1.54, 1.807) is 12.3 Å². The summed E-state index contributed by atoms with van der Waals surface area (Å²) in [5.41, 5.74) is 1.14. The molecular formula is C24H28ClN3O4. The molecule has 8 heteroatoms. The monoisotopic (exact) mass is 457 g/mol. The van der Waals surface area contributed by atoms with Crippen molar-refractivity contribution in [2.45, 2.75) is 64.0 Å². The average molecular weight is 458 g/mol. The van der Waals surface area contributed by atoms with Crippen molar-refractivity contribution in [1.29, 1.82) is 0 Å². The molecule has 32 heavy (non-hydrogen) atoms. The van der Waals surface area contributed by atoms with Crippen LogP contribution in [0, 0.1) is 0 Å². The fourth-order valence-corrected chi connectivity index (χ4v) is 4.78. The zero-order valence-corrected chi connectivity index (χ0v) is 19.6. The van der Waals surface area contributed by atoms with Crippen LogP contribution in [0.5, 0.6) is 11.5 Å². The molecule has 1 aromatic heterocycles. The lowest BCUT2D eigenvalue weighted by Gasteiger charge is -2.54. The Morgan fingerprint density at radius 3 is 2.59 bits per heavy atom. The third kappa shape index (κ3) is 3.62. The normalized spacial score (nSPS) is 26.4. The Kier molecular flexibility index (Phi) is 4.93. The molecule has 1 aromatic carbocycles. The Morgan fingerprint density at radius 1 is 1.16 bits per heavy atom. The maximum Gasteiger partial charge on any atom is 0.410 e. The molecule has 3 aliphatic rings. The van der Waals surface area contributed by atoms with E-state index in [0.717, 1.165) is 18.5 Å². The number of fused-ring (bicyclic) bond motifs is 2. The van der Waals surface area contributed by atoms with Crippen molar-refractivity contribution in [3.63, 3.8) is 0 Å². The van der Waals surface area contributed by atoms with Crippen LogP contribution >= 0.6 is 11.6 Å². The summed E-state index contributed by atoms with van der Waals surface area (Å²) in [7, 11) is 0. The Bertz CT molecular complexity index is 1040. The summed E-state index contributed by atoms with van der Waals surface area (Å²) in [5, 5.41) is 0.562. The number of halogens is 1. The van der Waals surface area contributed by atoms with Gasteiger partial charge in [-0.2, -0.15) is 0 Å². The van der Waals surface area contributed by atoms with Crippen LogP contribution in [0.3, 0.4) is 0 Å². The highest BCUT2D eigenvalue weighted by Gasteiger charge is 2.48. The first kappa shape index (κ1) is 21.2. The van der Waals surface area contributed by atoms with E-state index < -0.39 is 11.4 Å². The fraction of sp³-hybridized carbons (Fsp3) is 0.500. The van der Waals surface area contributed by atoms with Crippen LogP contribution in [0.2, 0.25) is 5.02 Å². The summed E-state index contributed by atoms with van der Waals surface area (Å²) in [6.45, 7) is 8.87. The predicted octanol–water partition coefficient (Wildman–Crippen LogP) is 4.97. The first-order valence-electron chi connectivity index (χ1n) is 11.0. The molecule has 2 aromatic rings. The standard InChI is InChI=1S/C24H28ClN3O4/c1-23(2,3)32-22(29)28-13-12-27(16-9-10-17(16)28)18-6-5-7-19-21(18)31-24(4,30-19)20-11-8-15(25)14-26-20/h5-8,11,14,16-17H,9-10,12-13H2,1-4H3/t16-,17+,24?/m0/s1. The van der Waals surface area contributed by atoms with Gasteiger partial charge in [-0.15, -0.1) is 0 Å². The number of nitrogens with zero attached hydrogens (tertiary/aromatic N) is 3.